The van der Waals surface area contributed by atoms with E-state index >= 15 is 0 Å². The third-order valence-electron chi connectivity index (χ3n) is 4.37. The highest BCUT2D eigenvalue weighted by molar-refractivity contribution is 5.76. The molecule has 1 saturated heterocycles. The lowest BCUT2D eigenvalue weighted by atomic mass is 9.92. The Balaban J connectivity index is 1.73. The molecule has 116 valence electrons. The van der Waals surface area contributed by atoms with E-state index in [9.17, 15) is 4.79 Å². The van der Waals surface area contributed by atoms with E-state index in [1.54, 1.807) is 12.4 Å². The quantitative estimate of drug-likeness (QED) is 0.807. The van der Waals surface area contributed by atoms with Crippen molar-refractivity contribution in [2.75, 3.05) is 31.1 Å². The Kier molecular flexibility index (Phi) is 5.96. The highest BCUT2D eigenvalue weighted by atomic mass is 16.2. The maximum Gasteiger partial charge on any atom is 0.222 e. The fourth-order valence-electron chi connectivity index (χ4n) is 2.97. The van der Waals surface area contributed by atoms with Crippen LogP contribution in [0.4, 0.5) is 5.82 Å². The average Bonchev–Trinajstić information content (AvgIpc) is 2.55. The molecule has 2 heterocycles. The van der Waals surface area contributed by atoms with Crippen LogP contribution in [0.1, 0.15) is 39.5 Å². The Morgan fingerprint density at radius 3 is 2.57 bits per heavy atom. The van der Waals surface area contributed by atoms with E-state index in [0.717, 1.165) is 51.3 Å². The molecule has 0 unspecified atom stereocenters. The second-order valence-electron chi connectivity index (χ2n) is 5.60. The number of anilines is 1. The van der Waals surface area contributed by atoms with Crippen molar-refractivity contribution in [1.82, 2.24) is 14.9 Å². The molecule has 5 heteroatoms. The largest absolute Gasteiger partial charge is 0.355 e. The summed E-state index contributed by atoms with van der Waals surface area (Å²) in [5, 5.41) is 0. The number of piperidine rings is 1. The molecule has 21 heavy (non-hydrogen) atoms. The first-order chi connectivity index (χ1) is 10.2. The molecule has 2 rings (SSSR count). The Hall–Kier alpha value is -1.65. The zero-order chi connectivity index (χ0) is 15.1. The molecule has 0 N–H and O–H groups in total. The number of hydrogen-bond acceptors (Lipinski definition) is 4. The molecule has 1 aliphatic heterocycles. The first-order valence-electron chi connectivity index (χ1n) is 8.03. The van der Waals surface area contributed by atoms with Crippen LogP contribution < -0.4 is 4.90 Å². The van der Waals surface area contributed by atoms with Crippen molar-refractivity contribution in [2.45, 2.75) is 39.5 Å². The number of amides is 1. The number of rotatable bonds is 6. The predicted molar refractivity (Wildman–Crippen MR) is 84.1 cm³/mol. The van der Waals surface area contributed by atoms with Gasteiger partial charge >= 0.3 is 0 Å². The third kappa shape index (κ3) is 4.41. The molecule has 0 saturated carbocycles. The van der Waals surface area contributed by atoms with E-state index in [4.69, 9.17) is 0 Å². The maximum absolute atomic E-state index is 12.0. The van der Waals surface area contributed by atoms with Gasteiger partial charge in [0.05, 0.1) is 6.20 Å². The average molecular weight is 290 g/mol. The molecular formula is C16H26N4O. The highest BCUT2D eigenvalue weighted by Crippen LogP contribution is 2.24. The molecule has 0 radical (unpaired) electrons. The van der Waals surface area contributed by atoms with Gasteiger partial charge in [-0.1, -0.05) is 0 Å². The number of nitrogens with zero attached hydrogens (tertiary/aromatic N) is 4. The lowest BCUT2D eigenvalue weighted by molar-refractivity contribution is -0.131. The van der Waals surface area contributed by atoms with Gasteiger partial charge in [-0.25, -0.2) is 4.98 Å². The lowest BCUT2D eigenvalue weighted by Gasteiger charge is -2.32. The van der Waals surface area contributed by atoms with Gasteiger partial charge in [-0.15, -0.1) is 0 Å². The molecule has 0 aliphatic carbocycles. The Morgan fingerprint density at radius 1 is 1.29 bits per heavy atom. The topological polar surface area (TPSA) is 49.3 Å². The van der Waals surface area contributed by atoms with Crippen LogP contribution in [-0.2, 0) is 4.79 Å². The summed E-state index contributed by atoms with van der Waals surface area (Å²) in [6, 6.07) is 0. The number of hydrogen-bond donors (Lipinski definition) is 0. The summed E-state index contributed by atoms with van der Waals surface area (Å²) in [6.07, 6.45) is 9.26. The first-order valence-corrected chi connectivity index (χ1v) is 8.03. The fourth-order valence-corrected chi connectivity index (χ4v) is 2.97. The van der Waals surface area contributed by atoms with Crippen LogP contribution in [0.2, 0.25) is 0 Å². The molecule has 0 spiro atoms. The Morgan fingerprint density at radius 2 is 2.00 bits per heavy atom. The van der Waals surface area contributed by atoms with Crippen LogP contribution in [-0.4, -0.2) is 47.0 Å². The van der Waals surface area contributed by atoms with Crippen molar-refractivity contribution in [3.05, 3.63) is 18.6 Å². The molecule has 0 bridgehead atoms. The van der Waals surface area contributed by atoms with E-state index in [-0.39, 0.29) is 0 Å². The first kappa shape index (κ1) is 15.7. The van der Waals surface area contributed by atoms with E-state index in [2.05, 4.69) is 14.9 Å². The van der Waals surface area contributed by atoms with Gasteiger partial charge in [0.2, 0.25) is 5.91 Å². The van der Waals surface area contributed by atoms with E-state index in [1.165, 1.54) is 0 Å². The van der Waals surface area contributed by atoms with Gasteiger partial charge in [-0.05, 0) is 39.0 Å². The SMILES string of the molecule is CCN(CC)C(=O)CCC1CCN(c2cnccn2)CC1. The Bertz CT molecular complexity index is 425. The van der Waals surface area contributed by atoms with Gasteiger partial charge < -0.3 is 9.80 Å². The fraction of sp³-hybridized carbons (Fsp3) is 0.688. The van der Waals surface area contributed by atoms with Crippen LogP contribution in [0.5, 0.6) is 0 Å². The molecule has 1 aliphatic rings. The third-order valence-corrected chi connectivity index (χ3v) is 4.37. The molecule has 1 aromatic heterocycles. The van der Waals surface area contributed by atoms with Gasteiger partial charge in [-0.2, -0.15) is 0 Å². The van der Waals surface area contributed by atoms with Gasteiger partial charge in [0.1, 0.15) is 5.82 Å². The highest BCUT2D eigenvalue weighted by Gasteiger charge is 2.21. The molecule has 5 nitrogen and oxygen atoms in total. The lowest BCUT2D eigenvalue weighted by Crippen LogP contribution is -2.35. The summed E-state index contributed by atoms with van der Waals surface area (Å²) in [5.74, 6) is 1.93. The molecule has 1 amide bonds. The van der Waals surface area contributed by atoms with Crippen LogP contribution in [0.15, 0.2) is 18.6 Å². The summed E-state index contributed by atoms with van der Waals surface area (Å²) in [5.41, 5.74) is 0. The van der Waals surface area contributed by atoms with Gasteiger partial charge in [0.25, 0.3) is 0 Å². The predicted octanol–water partition coefficient (Wildman–Crippen LogP) is 2.34. The van der Waals surface area contributed by atoms with Crippen molar-refractivity contribution in [1.29, 1.82) is 0 Å². The van der Waals surface area contributed by atoms with Crippen molar-refractivity contribution < 1.29 is 4.79 Å². The summed E-state index contributed by atoms with van der Waals surface area (Å²) in [7, 11) is 0. The minimum Gasteiger partial charge on any atom is -0.355 e. The van der Waals surface area contributed by atoms with E-state index in [0.29, 0.717) is 18.2 Å². The minimum atomic E-state index is 0.302. The summed E-state index contributed by atoms with van der Waals surface area (Å²) < 4.78 is 0. The monoisotopic (exact) mass is 290 g/mol. The Labute approximate surface area is 127 Å². The summed E-state index contributed by atoms with van der Waals surface area (Å²) in [6.45, 7) is 7.76. The van der Waals surface area contributed by atoms with Crippen molar-refractivity contribution in [2.24, 2.45) is 5.92 Å². The summed E-state index contributed by atoms with van der Waals surface area (Å²) in [4.78, 5) is 24.7. The molecule has 0 atom stereocenters. The molecular weight excluding hydrogens is 264 g/mol. The number of aromatic nitrogens is 2. The smallest absolute Gasteiger partial charge is 0.222 e. The van der Waals surface area contributed by atoms with Crippen molar-refractivity contribution in [3.8, 4) is 0 Å². The summed E-state index contributed by atoms with van der Waals surface area (Å²) >= 11 is 0. The minimum absolute atomic E-state index is 0.302. The van der Waals surface area contributed by atoms with Gasteiger partial charge in [0, 0.05) is 45.0 Å². The van der Waals surface area contributed by atoms with Crippen molar-refractivity contribution >= 4 is 11.7 Å². The second kappa shape index (κ2) is 7.96. The second-order valence-corrected chi connectivity index (χ2v) is 5.60. The van der Waals surface area contributed by atoms with Crippen LogP contribution in [0.25, 0.3) is 0 Å². The standard InChI is InChI=1S/C16H26N4O/c1-3-19(4-2)16(21)6-5-14-7-11-20(12-8-14)15-13-17-9-10-18-15/h9-10,13-14H,3-8,11-12H2,1-2H3. The van der Waals surface area contributed by atoms with E-state index < -0.39 is 0 Å². The van der Waals surface area contributed by atoms with Gasteiger partial charge in [0.15, 0.2) is 0 Å². The van der Waals surface area contributed by atoms with Crippen LogP contribution >= 0.6 is 0 Å². The molecule has 0 aromatic carbocycles. The number of carbonyl (C=O) groups excluding carboxylic acids is 1. The normalized spacial score (nSPS) is 16.0. The maximum atomic E-state index is 12.0. The van der Waals surface area contributed by atoms with Gasteiger partial charge in [-0.3, -0.25) is 9.78 Å². The van der Waals surface area contributed by atoms with Crippen LogP contribution in [0, 0.1) is 5.92 Å². The van der Waals surface area contributed by atoms with E-state index in [1.807, 2.05) is 24.9 Å². The van der Waals surface area contributed by atoms with Crippen LogP contribution in [0.3, 0.4) is 0 Å². The molecule has 1 fully saturated rings. The molecule has 1 aromatic rings. The zero-order valence-electron chi connectivity index (χ0n) is 13.2. The zero-order valence-corrected chi connectivity index (χ0v) is 13.2. The van der Waals surface area contributed by atoms with Crippen molar-refractivity contribution in [3.63, 3.8) is 0 Å². The number of carbonyl (C=O) groups is 1.